The van der Waals surface area contributed by atoms with Gasteiger partial charge in [-0.15, -0.1) is 0 Å². The number of hydrogen-bond donors (Lipinski definition) is 1. The smallest absolute Gasteiger partial charge is 0.262 e. The molecule has 1 saturated heterocycles. The Bertz CT molecular complexity index is 1270. The number of nitrogens with zero attached hydrogens (tertiary/aromatic N) is 2. The number of benzene rings is 3. The van der Waals surface area contributed by atoms with Gasteiger partial charge in [0.15, 0.2) is 6.10 Å². The fraction of sp³-hybridized carbons (Fsp3) is 0.333. The average Bonchev–Trinajstić information content (AvgIpc) is 2.95. The van der Waals surface area contributed by atoms with E-state index in [1.807, 2.05) is 72.8 Å². The Balaban J connectivity index is 1.26. The molecular weight excluding hydrogens is 521 g/mol. The van der Waals surface area contributed by atoms with Crippen LogP contribution in [0.4, 0.5) is 5.69 Å². The van der Waals surface area contributed by atoms with Crippen LogP contribution < -0.4 is 15.0 Å². The van der Waals surface area contributed by atoms with Gasteiger partial charge in [0.05, 0.1) is 18.2 Å². The van der Waals surface area contributed by atoms with Gasteiger partial charge < -0.3 is 15.0 Å². The number of anilines is 1. The number of hydrogen-bond acceptors (Lipinski definition) is 4. The highest BCUT2D eigenvalue weighted by atomic mass is 35.5. The van der Waals surface area contributed by atoms with Crippen molar-refractivity contribution >= 4 is 40.7 Å². The molecule has 5 rings (SSSR count). The second-order valence-corrected chi connectivity index (χ2v) is 10.6. The highest BCUT2D eigenvalue weighted by Gasteiger charge is 2.37. The number of nitrogens with one attached hydrogen (secondary N) is 1. The van der Waals surface area contributed by atoms with Gasteiger partial charge in [0.25, 0.3) is 5.91 Å². The largest absolute Gasteiger partial charge is 0.477 e. The first-order valence-electron chi connectivity index (χ1n) is 13.0. The van der Waals surface area contributed by atoms with Gasteiger partial charge in [-0.05, 0) is 55.6 Å². The number of rotatable bonds is 7. The van der Waals surface area contributed by atoms with Crippen LogP contribution in [0.3, 0.4) is 0 Å². The Kier molecular flexibility index (Phi) is 8.52. The van der Waals surface area contributed by atoms with Gasteiger partial charge >= 0.3 is 0 Å². The Morgan fingerprint density at radius 3 is 2.45 bits per heavy atom. The molecule has 0 spiro atoms. The van der Waals surface area contributed by atoms with Crippen LogP contribution in [0.25, 0.3) is 0 Å². The van der Waals surface area contributed by atoms with Crippen LogP contribution in [-0.2, 0) is 22.6 Å². The van der Waals surface area contributed by atoms with Crippen molar-refractivity contribution in [1.29, 1.82) is 0 Å². The number of halogens is 2. The minimum absolute atomic E-state index is 0.0118. The normalized spacial score (nSPS) is 19.4. The van der Waals surface area contributed by atoms with E-state index in [1.54, 1.807) is 4.90 Å². The van der Waals surface area contributed by atoms with E-state index in [0.717, 1.165) is 36.9 Å². The topological polar surface area (TPSA) is 61.9 Å². The predicted molar refractivity (Wildman–Crippen MR) is 151 cm³/mol. The van der Waals surface area contributed by atoms with Gasteiger partial charge in [-0.1, -0.05) is 71.7 Å². The van der Waals surface area contributed by atoms with Gasteiger partial charge in [-0.2, -0.15) is 0 Å². The molecule has 8 heteroatoms. The molecule has 3 aromatic rings. The van der Waals surface area contributed by atoms with Crippen molar-refractivity contribution in [3.05, 3.63) is 94.0 Å². The predicted octanol–water partition coefficient (Wildman–Crippen LogP) is 5.36. The van der Waals surface area contributed by atoms with Crippen LogP contribution >= 0.6 is 23.2 Å². The standard InChI is InChI=1S/C30H31Cl2N3O3/c31-24-11-6-12-25(32)23(24)19-34-17-7-10-22(18-34)30(37)35-20-28(38-27-14-5-4-13-26(27)35)29(36)33-16-15-21-8-2-1-3-9-21/h1-6,8-9,11-14,22,28H,7,10,15-20H2,(H,33,36)/t22-,28+/m0/s1. The molecule has 198 valence electrons. The fourth-order valence-electron chi connectivity index (χ4n) is 5.20. The van der Waals surface area contributed by atoms with E-state index >= 15 is 0 Å². The van der Waals surface area contributed by atoms with Crippen LogP contribution in [0.15, 0.2) is 72.8 Å². The van der Waals surface area contributed by atoms with Crippen LogP contribution in [-0.4, -0.2) is 49.0 Å². The Morgan fingerprint density at radius 2 is 1.66 bits per heavy atom. The van der Waals surface area contributed by atoms with Gasteiger partial charge in [0, 0.05) is 35.2 Å². The number of ether oxygens (including phenoxy) is 1. The summed E-state index contributed by atoms with van der Waals surface area (Å²) in [5.74, 6) is 0.147. The summed E-state index contributed by atoms with van der Waals surface area (Å²) >= 11 is 12.8. The molecule has 2 aliphatic heterocycles. The Morgan fingerprint density at radius 1 is 0.921 bits per heavy atom. The SMILES string of the molecule is O=C(NCCc1ccccc1)[C@H]1CN(C(=O)[C@H]2CCCN(Cc3c(Cl)cccc3Cl)C2)c2ccccc2O1. The molecule has 2 amide bonds. The summed E-state index contributed by atoms with van der Waals surface area (Å²) in [5.41, 5.74) is 2.74. The van der Waals surface area contributed by atoms with Gasteiger partial charge in [0.1, 0.15) is 5.75 Å². The molecule has 0 aromatic heterocycles. The molecule has 6 nitrogen and oxygen atoms in total. The number of para-hydroxylation sites is 2. The number of fused-ring (bicyclic) bond motifs is 1. The summed E-state index contributed by atoms with van der Waals surface area (Å²) in [5, 5.41) is 4.25. The van der Waals surface area contributed by atoms with E-state index in [1.165, 1.54) is 0 Å². The second kappa shape index (κ2) is 12.2. The third-order valence-corrected chi connectivity index (χ3v) is 7.89. The second-order valence-electron chi connectivity index (χ2n) is 9.82. The van der Waals surface area contributed by atoms with Gasteiger partial charge in [0.2, 0.25) is 5.91 Å². The minimum Gasteiger partial charge on any atom is -0.477 e. The zero-order valence-electron chi connectivity index (χ0n) is 21.1. The average molecular weight is 553 g/mol. The lowest BCUT2D eigenvalue weighted by Crippen LogP contribution is -2.53. The molecule has 2 heterocycles. The third-order valence-electron chi connectivity index (χ3n) is 7.19. The van der Waals surface area contributed by atoms with E-state index in [0.29, 0.717) is 41.1 Å². The lowest BCUT2D eigenvalue weighted by Gasteiger charge is -2.39. The third kappa shape index (κ3) is 6.15. The molecule has 0 radical (unpaired) electrons. The number of piperidine rings is 1. The molecule has 1 N–H and O–H groups in total. The molecule has 0 unspecified atom stereocenters. The maximum absolute atomic E-state index is 13.9. The minimum atomic E-state index is -0.772. The van der Waals surface area contributed by atoms with E-state index in [9.17, 15) is 9.59 Å². The zero-order chi connectivity index (χ0) is 26.5. The zero-order valence-corrected chi connectivity index (χ0v) is 22.6. The molecule has 2 aliphatic rings. The van der Waals surface area contributed by atoms with Crippen molar-refractivity contribution in [3.8, 4) is 5.75 Å². The quantitative estimate of drug-likeness (QED) is 0.429. The first-order chi connectivity index (χ1) is 18.5. The molecule has 38 heavy (non-hydrogen) atoms. The summed E-state index contributed by atoms with van der Waals surface area (Å²) in [7, 11) is 0. The van der Waals surface area contributed by atoms with Crippen molar-refractivity contribution < 1.29 is 14.3 Å². The summed E-state index contributed by atoms with van der Waals surface area (Å²) in [6.07, 6.45) is 1.64. The number of carbonyl (C=O) groups excluding carboxylic acids is 2. The van der Waals surface area contributed by atoms with Crippen LogP contribution in [0.1, 0.15) is 24.0 Å². The highest BCUT2D eigenvalue weighted by molar-refractivity contribution is 6.35. The lowest BCUT2D eigenvalue weighted by atomic mass is 9.95. The number of amides is 2. The number of carbonyl (C=O) groups is 2. The van der Waals surface area contributed by atoms with E-state index in [2.05, 4.69) is 10.2 Å². The molecule has 0 aliphatic carbocycles. The molecule has 3 aromatic carbocycles. The van der Waals surface area contributed by atoms with Gasteiger partial charge in [-0.25, -0.2) is 0 Å². The summed E-state index contributed by atoms with van der Waals surface area (Å²) in [4.78, 5) is 30.9. The maximum atomic E-state index is 13.9. The monoisotopic (exact) mass is 551 g/mol. The van der Waals surface area contributed by atoms with E-state index in [4.69, 9.17) is 27.9 Å². The Hall–Kier alpha value is -3.06. The van der Waals surface area contributed by atoms with Crippen molar-refractivity contribution in [2.45, 2.75) is 31.9 Å². The van der Waals surface area contributed by atoms with E-state index < -0.39 is 6.10 Å². The van der Waals surface area contributed by atoms with Crippen molar-refractivity contribution in [2.75, 3.05) is 31.1 Å². The summed E-state index contributed by atoms with van der Waals surface area (Å²) in [6.45, 7) is 2.75. The molecular formula is C30H31Cl2N3O3. The first-order valence-corrected chi connectivity index (χ1v) is 13.8. The maximum Gasteiger partial charge on any atom is 0.262 e. The molecule has 1 fully saturated rings. The fourth-order valence-corrected chi connectivity index (χ4v) is 5.71. The lowest BCUT2D eigenvalue weighted by molar-refractivity contribution is -0.129. The van der Waals surface area contributed by atoms with Crippen molar-refractivity contribution in [1.82, 2.24) is 10.2 Å². The van der Waals surface area contributed by atoms with Crippen molar-refractivity contribution in [2.24, 2.45) is 5.92 Å². The van der Waals surface area contributed by atoms with Crippen LogP contribution in [0, 0.1) is 5.92 Å². The van der Waals surface area contributed by atoms with Crippen molar-refractivity contribution in [3.63, 3.8) is 0 Å². The van der Waals surface area contributed by atoms with Crippen LogP contribution in [0.2, 0.25) is 10.0 Å². The molecule has 2 atom stereocenters. The van der Waals surface area contributed by atoms with E-state index in [-0.39, 0.29) is 24.3 Å². The summed E-state index contributed by atoms with van der Waals surface area (Å²) < 4.78 is 6.05. The molecule has 0 bridgehead atoms. The first kappa shape index (κ1) is 26.5. The highest BCUT2D eigenvalue weighted by Crippen LogP contribution is 2.35. The van der Waals surface area contributed by atoms with Gasteiger partial charge in [-0.3, -0.25) is 14.5 Å². The number of likely N-dealkylation sites (tertiary alicyclic amines) is 1. The Labute approximate surface area is 233 Å². The van der Waals surface area contributed by atoms with Crippen LogP contribution in [0.5, 0.6) is 5.75 Å². The summed E-state index contributed by atoms with van der Waals surface area (Å²) in [6, 6.07) is 22.9. The molecule has 0 saturated carbocycles.